The minimum absolute atomic E-state index is 0.0653. The van der Waals surface area contributed by atoms with Gasteiger partial charge >= 0.3 is 0 Å². The normalized spacial score (nSPS) is 20.1. The Bertz CT molecular complexity index is 422. The number of phenols is 1. The van der Waals surface area contributed by atoms with Crippen LogP contribution in [0.2, 0.25) is 0 Å². The van der Waals surface area contributed by atoms with Crippen LogP contribution in [0.5, 0.6) is 5.75 Å². The van der Waals surface area contributed by atoms with Gasteiger partial charge in [0.05, 0.1) is 11.7 Å². The van der Waals surface area contributed by atoms with Gasteiger partial charge in [-0.1, -0.05) is 0 Å². The number of likely N-dealkylation sites (tertiary alicyclic amines) is 1. The van der Waals surface area contributed by atoms with Gasteiger partial charge < -0.3 is 15.1 Å². The molecule has 1 aromatic rings. The van der Waals surface area contributed by atoms with Crippen molar-refractivity contribution >= 4 is 5.91 Å². The first kappa shape index (κ1) is 10.9. The molecule has 16 heavy (non-hydrogen) atoms. The topological polar surface area (TPSA) is 60.8 Å². The molecule has 0 bridgehead atoms. The predicted octanol–water partition coefficient (Wildman–Crippen LogP) is 0.738. The molecule has 1 saturated heterocycles. The number of halogens is 1. The molecule has 1 aromatic carbocycles. The Balaban J connectivity index is 2.21. The number of amides is 1. The van der Waals surface area contributed by atoms with Crippen molar-refractivity contribution < 1.29 is 19.4 Å². The molecular weight excluding hydrogens is 213 g/mol. The average molecular weight is 225 g/mol. The monoisotopic (exact) mass is 225 g/mol. The fourth-order valence-corrected chi connectivity index (χ4v) is 1.78. The van der Waals surface area contributed by atoms with Gasteiger partial charge in [0.15, 0.2) is 0 Å². The van der Waals surface area contributed by atoms with Gasteiger partial charge in [0.1, 0.15) is 11.6 Å². The fraction of sp³-hybridized carbons (Fsp3) is 0.364. The van der Waals surface area contributed by atoms with E-state index >= 15 is 0 Å². The van der Waals surface area contributed by atoms with Crippen LogP contribution < -0.4 is 0 Å². The summed E-state index contributed by atoms with van der Waals surface area (Å²) in [4.78, 5) is 13.3. The van der Waals surface area contributed by atoms with Gasteiger partial charge in [-0.25, -0.2) is 4.39 Å². The molecule has 4 nitrogen and oxygen atoms in total. The maximum atomic E-state index is 12.7. The van der Waals surface area contributed by atoms with Crippen LogP contribution in [0.1, 0.15) is 16.8 Å². The van der Waals surface area contributed by atoms with E-state index in [2.05, 4.69) is 0 Å². The first-order valence-electron chi connectivity index (χ1n) is 5.04. The molecule has 1 aliphatic rings. The van der Waals surface area contributed by atoms with Crippen molar-refractivity contribution in [2.24, 2.45) is 0 Å². The Labute approximate surface area is 91.9 Å². The Kier molecular flexibility index (Phi) is 2.78. The molecule has 86 valence electrons. The second-order valence-corrected chi connectivity index (χ2v) is 3.86. The van der Waals surface area contributed by atoms with Gasteiger partial charge in [-0.3, -0.25) is 4.79 Å². The second-order valence-electron chi connectivity index (χ2n) is 3.86. The van der Waals surface area contributed by atoms with Crippen LogP contribution in [0.3, 0.4) is 0 Å². The number of hydrogen-bond acceptors (Lipinski definition) is 3. The van der Waals surface area contributed by atoms with Crippen molar-refractivity contribution in [2.45, 2.75) is 12.5 Å². The van der Waals surface area contributed by atoms with Crippen LogP contribution in [0.25, 0.3) is 0 Å². The lowest BCUT2D eigenvalue weighted by Crippen LogP contribution is -2.29. The summed E-state index contributed by atoms with van der Waals surface area (Å²) in [7, 11) is 0. The molecule has 5 heteroatoms. The lowest BCUT2D eigenvalue weighted by atomic mass is 10.1. The van der Waals surface area contributed by atoms with Crippen LogP contribution in [0.15, 0.2) is 18.2 Å². The summed E-state index contributed by atoms with van der Waals surface area (Å²) in [5, 5.41) is 18.7. The predicted molar refractivity (Wildman–Crippen MR) is 54.6 cm³/mol. The van der Waals surface area contributed by atoms with Gasteiger partial charge in [-0.2, -0.15) is 0 Å². The Morgan fingerprint density at radius 1 is 1.50 bits per heavy atom. The van der Waals surface area contributed by atoms with E-state index in [1.807, 2.05) is 0 Å². The summed E-state index contributed by atoms with van der Waals surface area (Å²) >= 11 is 0. The quantitative estimate of drug-likeness (QED) is 0.741. The zero-order chi connectivity index (χ0) is 11.7. The van der Waals surface area contributed by atoms with E-state index < -0.39 is 11.9 Å². The highest BCUT2D eigenvalue weighted by Crippen LogP contribution is 2.22. The Morgan fingerprint density at radius 2 is 2.25 bits per heavy atom. The van der Waals surface area contributed by atoms with Crippen LogP contribution in [0, 0.1) is 5.82 Å². The second kappa shape index (κ2) is 4.09. The average Bonchev–Trinajstić information content (AvgIpc) is 2.64. The SMILES string of the molecule is O=C(c1ccc(F)cc1O)N1CC[C@@H](O)C1. The van der Waals surface area contributed by atoms with Crippen LogP contribution in [0.4, 0.5) is 4.39 Å². The van der Waals surface area contributed by atoms with Gasteiger partial charge in [-0.05, 0) is 18.6 Å². The lowest BCUT2D eigenvalue weighted by Gasteiger charge is -2.16. The third kappa shape index (κ3) is 1.99. The first-order valence-corrected chi connectivity index (χ1v) is 5.04. The van der Waals surface area contributed by atoms with Crippen molar-refractivity contribution in [3.05, 3.63) is 29.6 Å². The number of aliphatic hydroxyl groups excluding tert-OH is 1. The third-order valence-electron chi connectivity index (χ3n) is 2.64. The molecule has 0 unspecified atom stereocenters. The number of carbonyl (C=O) groups is 1. The van der Waals surface area contributed by atoms with Crippen molar-refractivity contribution in [3.8, 4) is 5.75 Å². The van der Waals surface area contributed by atoms with Crippen LogP contribution >= 0.6 is 0 Å². The lowest BCUT2D eigenvalue weighted by molar-refractivity contribution is 0.0762. The molecule has 1 amide bonds. The van der Waals surface area contributed by atoms with Crippen molar-refractivity contribution in [3.63, 3.8) is 0 Å². The van der Waals surface area contributed by atoms with E-state index in [1.54, 1.807) is 0 Å². The number of nitrogens with zero attached hydrogens (tertiary/aromatic N) is 1. The van der Waals surface area contributed by atoms with E-state index in [-0.39, 0.29) is 23.8 Å². The van der Waals surface area contributed by atoms with Gasteiger partial charge in [0, 0.05) is 19.2 Å². The van der Waals surface area contributed by atoms with Gasteiger partial charge in [0.2, 0.25) is 0 Å². The molecule has 0 radical (unpaired) electrons. The number of aliphatic hydroxyl groups is 1. The Morgan fingerprint density at radius 3 is 2.81 bits per heavy atom. The number of hydrogen-bond donors (Lipinski definition) is 2. The molecule has 0 saturated carbocycles. The molecule has 1 fully saturated rings. The Hall–Kier alpha value is -1.62. The van der Waals surface area contributed by atoms with Crippen LogP contribution in [-0.2, 0) is 0 Å². The summed E-state index contributed by atoms with van der Waals surface area (Å²) in [6.45, 7) is 0.715. The van der Waals surface area contributed by atoms with Crippen molar-refractivity contribution in [2.75, 3.05) is 13.1 Å². The highest BCUT2D eigenvalue weighted by molar-refractivity contribution is 5.97. The molecule has 2 rings (SSSR count). The number of β-amino-alcohol motifs (C(OH)–C–C–N with tert-alkyl or cyclic N) is 1. The molecule has 1 aliphatic heterocycles. The first-order chi connectivity index (χ1) is 7.58. The number of carbonyl (C=O) groups excluding carboxylic acids is 1. The van der Waals surface area contributed by atoms with Gasteiger partial charge in [-0.15, -0.1) is 0 Å². The largest absolute Gasteiger partial charge is 0.507 e. The third-order valence-corrected chi connectivity index (χ3v) is 2.64. The maximum Gasteiger partial charge on any atom is 0.257 e. The van der Waals surface area contributed by atoms with Crippen molar-refractivity contribution in [1.82, 2.24) is 4.90 Å². The van der Waals surface area contributed by atoms with Crippen LogP contribution in [-0.4, -0.2) is 40.2 Å². The maximum absolute atomic E-state index is 12.7. The van der Waals surface area contributed by atoms with Gasteiger partial charge in [0.25, 0.3) is 5.91 Å². The molecule has 0 spiro atoms. The minimum Gasteiger partial charge on any atom is -0.507 e. The van der Waals surface area contributed by atoms with E-state index in [0.29, 0.717) is 13.0 Å². The summed E-state index contributed by atoms with van der Waals surface area (Å²) in [6, 6.07) is 3.27. The van der Waals surface area contributed by atoms with E-state index in [0.717, 1.165) is 12.1 Å². The molecule has 0 aromatic heterocycles. The summed E-state index contributed by atoms with van der Waals surface area (Å²) in [5.41, 5.74) is 0.0653. The fourth-order valence-electron chi connectivity index (χ4n) is 1.78. The van der Waals surface area contributed by atoms with Crippen molar-refractivity contribution in [1.29, 1.82) is 0 Å². The number of phenolic OH excluding ortho intramolecular Hbond substituents is 1. The highest BCUT2D eigenvalue weighted by atomic mass is 19.1. The summed E-state index contributed by atoms with van der Waals surface area (Å²) < 4.78 is 12.7. The molecule has 1 atom stereocenters. The molecule has 1 heterocycles. The number of aromatic hydroxyl groups is 1. The van der Waals surface area contributed by atoms with E-state index in [9.17, 15) is 19.4 Å². The van der Waals surface area contributed by atoms with E-state index in [4.69, 9.17) is 0 Å². The van der Waals surface area contributed by atoms with E-state index in [1.165, 1.54) is 11.0 Å². The summed E-state index contributed by atoms with van der Waals surface area (Å²) in [5.74, 6) is -1.34. The zero-order valence-electron chi connectivity index (χ0n) is 8.56. The summed E-state index contributed by atoms with van der Waals surface area (Å²) in [6.07, 6.45) is 0.0276. The minimum atomic E-state index is -0.587. The zero-order valence-corrected chi connectivity index (χ0v) is 8.56. The highest BCUT2D eigenvalue weighted by Gasteiger charge is 2.26. The molecular formula is C11H12FNO3. The molecule has 2 N–H and O–H groups in total. The number of rotatable bonds is 1. The smallest absolute Gasteiger partial charge is 0.257 e. The molecule has 0 aliphatic carbocycles. The standard InChI is InChI=1S/C11H12FNO3/c12-7-1-2-9(10(15)5-7)11(16)13-4-3-8(14)6-13/h1-2,5,8,14-15H,3-4,6H2/t8-/m1/s1. The number of benzene rings is 1.